The van der Waals surface area contributed by atoms with Crippen LogP contribution in [-0.4, -0.2) is 27.9 Å². The van der Waals surface area contributed by atoms with Crippen molar-refractivity contribution >= 4 is 28.4 Å². The monoisotopic (exact) mass is 392 g/mol. The minimum absolute atomic E-state index is 0.0733. The zero-order valence-corrected chi connectivity index (χ0v) is 17.3. The van der Waals surface area contributed by atoms with E-state index in [4.69, 9.17) is 16.6 Å². The number of hydrogen-bond donors (Lipinski definition) is 0. The molecule has 0 radical (unpaired) electrons. The van der Waals surface area contributed by atoms with Crippen molar-refractivity contribution < 1.29 is 4.79 Å². The van der Waals surface area contributed by atoms with Gasteiger partial charge in [0.15, 0.2) is 0 Å². The van der Waals surface area contributed by atoms with Crippen molar-refractivity contribution in [3.63, 3.8) is 0 Å². The molecule has 0 unspecified atom stereocenters. The zero-order valence-electron chi connectivity index (χ0n) is 16.6. The van der Waals surface area contributed by atoms with Gasteiger partial charge in [-0.3, -0.25) is 4.79 Å². The number of likely N-dealkylation sites (tertiary alicyclic amines) is 1. The number of carbonyl (C=O) groups excluding carboxylic acids is 1. The second-order valence-electron chi connectivity index (χ2n) is 7.85. The first-order valence-corrected chi connectivity index (χ1v) is 10.3. The Balaban J connectivity index is 1.93. The third-order valence-electron chi connectivity index (χ3n) is 5.87. The Kier molecular flexibility index (Phi) is 5.11. The van der Waals surface area contributed by atoms with E-state index in [0.29, 0.717) is 16.1 Å². The van der Waals surface area contributed by atoms with Gasteiger partial charge in [0, 0.05) is 23.0 Å². The number of amides is 1. The van der Waals surface area contributed by atoms with Crippen LogP contribution in [0.4, 0.5) is 0 Å². The highest BCUT2D eigenvalue weighted by Crippen LogP contribution is 2.33. The van der Waals surface area contributed by atoms with Gasteiger partial charge in [-0.15, -0.1) is 0 Å². The van der Waals surface area contributed by atoms with Gasteiger partial charge in [0.25, 0.3) is 5.91 Å². The van der Waals surface area contributed by atoms with Crippen molar-refractivity contribution in [1.29, 1.82) is 0 Å². The van der Waals surface area contributed by atoms with Crippen molar-refractivity contribution in [1.82, 2.24) is 9.88 Å². The Morgan fingerprint density at radius 3 is 2.50 bits per heavy atom. The van der Waals surface area contributed by atoms with Crippen LogP contribution in [0, 0.1) is 6.92 Å². The Hall–Kier alpha value is -2.39. The number of pyridine rings is 1. The van der Waals surface area contributed by atoms with Gasteiger partial charge in [-0.05, 0) is 57.7 Å². The number of carbonyl (C=O) groups is 1. The lowest BCUT2D eigenvalue weighted by Crippen LogP contribution is -2.47. The summed E-state index contributed by atoms with van der Waals surface area (Å²) in [6, 6.07) is 16.2. The first-order valence-electron chi connectivity index (χ1n) is 9.95. The largest absolute Gasteiger partial charge is 0.333 e. The lowest BCUT2D eigenvalue weighted by molar-refractivity contribution is 0.0513. The Morgan fingerprint density at radius 1 is 1.07 bits per heavy atom. The highest BCUT2D eigenvalue weighted by Gasteiger charge is 2.31. The molecule has 0 saturated carbocycles. The van der Waals surface area contributed by atoms with Crippen LogP contribution in [-0.2, 0) is 0 Å². The maximum atomic E-state index is 13.7. The summed E-state index contributed by atoms with van der Waals surface area (Å²) in [6.07, 6.45) is 3.26. The third-order valence-corrected chi connectivity index (χ3v) is 6.17. The van der Waals surface area contributed by atoms with E-state index in [0.717, 1.165) is 35.0 Å². The summed E-state index contributed by atoms with van der Waals surface area (Å²) in [5, 5.41) is 1.39. The highest BCUT2D eigenvalue weighted by molar-refractivity contribution is 6.35. The topological polar surface area (TPSA) is 33.2 Å². The van der Waals surface area contributed by atoms with Crippen molar-refractivity contribution in [2.45, 2.75) is 52.1 Å². The number of nitrogens with zero attached hydrogens (tertiary/aromatic N) is 2. The van der Waals surface area contributed by atoms with Crippen LogP contribution >= 0.6 is 11.6 Å². The molecule has 3 nitrogen and oxygen atoms in total. The second-order valence-corrected chi connectivity index (χ2v) is 8.25. The van der Waals surface area contributed by atoms with E-state index < -0.39 is 0 Å². The zero-order chi connectivity index (χ0) is 19.8. The van der Waals surface area contributed by atoms with Crippen LogP contribution in [0.15, 0.2) is 48.5 Å². The molecule has 0 spiro atoms. The molecule has 1 amide bonds. The summed E-state index contributed by atoms with van der Waals surface area (Å²) in [6.45, 7) is 6.35. The van der Waals surface area contributed by atoms with Gasteiger partial charge >= 0.3 is 0 Å². The van der Waals surface area contributed by atoms with Gasteiger partial charge in [-0.25, -0.2) is 4.98 Å². The molecule has 2 heterocycles. The molecule has 2 atom stereocenters. The minimum Gasteiger partial charge on any atom is -0.333 e. The van der Waals surface area contributed by atoms with Crippen LogP contribution in [0.1, 0.15) is 49.0 Å². The number of benzene rings is 2. The predicted octanol–water partition coefficient (Wildman–Crippen LogP) is 6.27. The lowest BCUT2D eigenvalue weighted by atomic mass is 9.95. The average molecular weight is 393 g/mol. The first kappa shape index (κ1) is 18.9. The third kappa shape index (κ3) is 3.29. The standard InChI is InChI=1S/C24H25ClN2O/c1-15-8-4-5-11-18(15)22-14-20(19-12-7-13-21(25)23(19)26-22)24(28)27-16(2)9-6-10-17(27)3/h4-5,7-8,11-14,16-17H,6,9-10H2,1-3H3/t16-,17-/m1/s1. The number of aromatic nitrogens is 1. The fourth-order valence-corrected chi connectivity index (χ4v) is 4.57. The molecule has 0 N–H and O–H groups in total. The quantitative estimate of drug-likeness (QED) is 0.515. The van der Waals surface area contributed by atoms with Crippen molar-refractivity contribution in [2.24, 2.45) is 0 Å². The molecule has 1 aliphatic heterocycles. The molecule has 1 fully saturated rings. The molecule has 3 aromatic rings. The molecule has 4 heteroatoms. The number of piperidine rings is 1. The van der Waals surface area contributed by atoms with Crippen LogP contribution in [0.5, 0.6) is 0 Å². The molecule has 1 saturated heterocycles. The van der Waals surface area contributed by atoms with E-state index in [-0.39, 0.29) is 18.0 Å². The van der Waals surface area contributed by atoms with E-state index in [9.17, 15) is 4.79 Å². The summed E-state index contributed by atoms with van der Waals surface area (Å²) < 4.78 is 0. The fraction of sp³-hybridized carbons (Fsp3) is 0.333. The van der Waals surface area contributed by atoms with Gasteiger partial charge in [0.2, 0.25) is 0 Å². The Labute approximate surface area is 171 Å². The smallest absolute Gasteiger partial charge is 0.255 e. The highest BCUT2D eigenvalue weighted by atomic mass is 35.5. The molecule has 0 bridgehead atoms. The van der Waals surface area contributed by atoms with Crippen LogP contribution in [0.3, 0.4) is 0 Å². The normalized spacial score (nSPS) is 19.8. The predicted molar refractivity (Wildman–Crippen MR) is 116 cm³/mol. The molecule has 2 aromatic carbocycles. The average Bonchev–Trinajstić information content (AvgIpc) is 2.68. The molecule has 0 aliphatic carbocycles. The van der Waals surface area contributed by atoms with Gasteiger partial charge < -0.3 is 4.90 Å². The number of hydrogen-bond acceptors (Lipinski definition) is 2. The summed E-state index contributed by atoms with van der Waals surface area (Å²) in [7, 11) is 0. The van der Waals surface area contributed by atoms with Crippen LogP contribution in [0.25, 0.3) is 22.2 Å². The molecular weight excluding hydrogens is 368 g/mol. The summed E-state index contributed by atoms with van der Waals surface area (Å²) >= 11 is 6.49. The molecule has 4 rings (SSSR count). The van der Waals surface area contributed by atoms with Crippen molar-refractivity contribution in [3.05, 3.63) is 64.7 Å². The SMILES string of the molecule is Cc1ccccc1-c1cc(C(=O)N2[C@H](C)CCC[C@H]2C)c2cccc(Cl)c2n1. The van der Waals surface area contributed by atoms with Crippen molar-refractivity contribution in [3.8, 4) is 11.3 Å². The number of halogens is 1. The minimum atomic E-state index is 0.0733. The molecule has 1 aromatic heterocycles. The number of para-hydroxylation sites is 1. The molecular formula is C24H25ClN2O. The van der Waals surface area contributed by atoms with E-state index in [1.54, 1.807) is 0 Å². The maximum Gasteiger partial charge on any atom is 0.255 e. The fourth-order valence-electron chi connectivity index (χ4n) is 4.35. The molecule has 28 heavy (non-hydrogen) atoms. The lowest BCUT2D eigenvalue weighted by Gasteiger charge is -2.39. The number of rotatable bonds is 2. The maximum absolute atomic E-state index is 13.7. The summed E-state index contributed by atoms with van der Waals surface area (Å²) in [4.78, 5) is 20.5. The van der Waals surface area contributed by atoms with E-state index in [1.165, 1.54) is 6.42 Å². The van der Waals surface area contributed by atoms with Crippen molar-refractivity contribution in [2.75, 3.05) is 0 Å². The first-order chi connectivity index (χ1) is 13.5. The number of fused-ring (bicyclic) bond motifs is 1. The van der Waals surface area contributed by atoms with E-state index in [2.05, 4.69) is 26.8 Å². The van der Waals surface area contributed by atoms with Gasteiger partial charge in [-0.2, -0.15) is 0 Å². The second kappa shape index (κ2) is 7.56. The van der Waals surface area contributed by atoms with Crippen LogP contribution in [0.2, 0.25) is 5.02 Å². The van der Waals surface area contributed by atoms with Crippen LogP contribution < -0.4 is 0 Å². The van der Waals surface area contributed by atoms with E-state index in [1.807, 2.05) is 47.4 Å². The number of aryl methyl sites for hydroxylation is 1. The Morgan fingerprint density at radius 2 is 1.79 bits per heavy atom. The van der Waals surface area contributed by atoms with Gasteiger partial charge in [-0.1, -0.05) is 48.0 Å². The van der Waals surface area contributed by atoms with E-state index >= 15 is 0 Å². The molecule has 1 aliphatic rings. The molecule has 144 valence electrons. The summed E-state index contributed by atoms with van der Waals surface area (Å²) in [5.41, 5.74) is 4.31. The Bertz CT molecular complexity index is 1040. The van der Waals surface area contributed by atoms with Gasteiger partial charge in [0.1, 0.15) is 0 Å². The summed E-state index contributed by atoms with van der Waals surface area (Å²) in [5.74, 6) is 0.0733. The van der Waals surface area contributed by atoms with Gasteiger partial charge in [0.05, 0.1) is 21.8 Å².